The molecule has 0 aliphatic carbocycles. The number of anilines is 1. The molecule has 0 spiro atoms. The van der Waals surface area contributed by atoms with E-state index in [1.54, 1.807) is 6.92 Å². The number of hydrogen-bond donors (Lipinski definition) is 2. The molecule has 0 aliphatic rings. The number of carbonyl (C=O) groups is 1. The molecule has 0 saturated carbocycles. The number of rotatable bonds is 4. The quantitative estimate of drug-likeness (QED) is 0.813. The SMILES string of the molecule is CCCS(=O)(=O)NC(=O)c1ccc(N)c(Cl)c1. The van der Waals surface area contributed by atoms with Crippen LogP contribution in [0.4, 0.5) is 5.69 Å². The molecule has 0 unspecified atom stereocenters. The van der Waals surface area contributed by atoms with Gasteiger partial charge in [0.25, 0.3) is 5.91 Å². The topological polar surface area (TPSA) is 89.3 Å². The Kier molecular flexibility index (Phi) is 4.36. The van der Waals surface area contributed by atoms with Crippen molar-refractivity contribution in [2.24, 2.45) is 0 Å². The molecular formula is C10H13ClN2O3S. The molecule has 1 rings (SSSR count). The summed E-state index contributed by atoms with van der Waals surface area (Å²) in [5.41, 5.74) is 5.97. The molecule has 0 radical (unpaired) electrons. The van der Waals surface area contributed by atoms with Crippen molar-refractivity contribution in [1.82, 2.24) is 4.72 Å². The number of nitrogens with one attached hydrogen (secondary N) is 1. The van der Waals surface area contributed by atoms with Gasteiger partial charge in [-0.1, -0.05) is 18.5 Å². The normalized spacial score (nSPS) is 11.2. The molecule has 3 N–H and O–H groups in total. The lowest BCUT2D eigenvalue weighted by atomic mass is 10.2. The fraction of sp³-hybridized carbons (Fsp3) is 0.300. The summed E-state index contributed by atoms with van der Waals surface area (Å²) in [6.45, 7) is 1.71. The molecule has 1 aromatic rings. The molecule has 0 atom stereocenters. The molecular weight excluding hydrogens is 264 g/mol. The predicted octanol–water partition coefficient (Wildman–Crippen LogP) is 1.39. The van der Waals surface area contributed by atoms with Crippen LogP contribution in [0.15, 0.2) is 18.2 Å². The minimum Gasteiger partial charge on any atom is -0.398 e. The second-order valence-corrected chi connectivity index (χ2v) is 5.74. The van der Waals surface area contributed by atoms with Gasteiger partial charge in [0, 0.05) is 5.56 Å². The van der Waals surface area contributed by atoms with Gasteiger partial charge in [0.1, 0.15) is 0 Å². The first-order chi connectivity index (χ1) is 7.85. The van der Waals surface area contributed by atoms with Gasteiger partial charge in [-0.3, -0.25) is 4.79 Å². The number of benzene rings is 1. The van der Waals surface area contributed by atoms with Crippen LogP contribution in [0.2, 0.25) is 5.02 Å². The van der Waals surface area contributed by atoms with Gasteiger partial charge in [-0.25, -0.2) is 13.1 Å². The van der Waals surface area contributed by atoms with Crippen LogP contribution in [-0.2, 0) is 10.0 Å². The number of sulfonamides is 1. The lowest BCUT2D eigenvalue weighted by Gasteiger charge is -2.06. The molecule has 5 nitrogen and oxygen atoms in total. The average molecular weight is 277 g/mol. The minimum atomic E-state index is -3.58. The van der Waals surface area contributed by atoms with E-state index in [9.17, 15) is 13.2 Å². The van der Waals surface area contributed by atoms with Crippen LogP contribution < -0.4 is 10.5 Å². The Morgan fingerprint density at radius 1 is 1.47 bits per heavy atom. The van der Waals surface area contributed by atoms with Gasteiger partial charge < -0.3 is 5.73 Å². The van der Waals surface area contributed by atoms with Crippen molar-refractivity contribution < 1.29 is 13.2 Å². The third kappa shape index (κ3) is 3.90. The van der Waals surface area contributed by atoms with E-state index in [-0.39, 0.29) is 16.3 Å². The zero-order valence-corrected chi connectivity index (χ0v) is 10.8. The first kappa shape index (κ1) is 13.8. The molecule has 0 aliphatic heterocycles. The van der Waals surface area contributed by atoms with Crippen LogP contribution in [0.5, 0.6) is 0 Å². The highest BCUT2D eigenvalue weighted by atomic mass is 35.5. The van der Waals surface area contributed by atoms with Gasteiger partial charge in [-0.2, -0.15) is 0 Å². The second kappa shape index (κ2) is 5.37. The lowest BCUT2D eigenvalue weighted by Crippen LogP contribution is -2.32. The molecule has 1 amide bonds. The fourth-order valence-corrected chi connectivity index (χ4v) is 2.41. The molecule has 7 heteroatoms. The first-order valence-corrected chi connectivity index (χ1v) is 6.98. The third-order valence-electron chi connectivity index (χ3n) is 1.98. The number of nitrogen functional groups attached to an aromatic ring is 1. The van der Waals surface area contributed by atoms with Crippen LogP contribution in [0.25, 0.3) is 0 Å². The zero-order chi connectivity index (χ0) is 13.1. The molecule has 17 heavy (non-hydrogen) atoms. The van der Waals surface area contributed by atoms with Gasteiger partial charge in [0.05, 0.1) is 16.5 Å². The van der Waals surface area contributed by atoms with E-state index in [0.717, 1.165) is 0 Å². The van der Waals surface area contributed by atoms with E-state index in [0.29, 0.717) is 12.1 Å². The van der Waals surface area contributed by atoms with Gasteiger partial charge in [-0.05, 0) is 24.6 Å². The Balaban J connectivity index is 2.87. The van der Waals surface area contributed by atoms with Crippen LogP contribution in [0.1, 0.15) is 23.7 Å². The number of hydrogen-bond acceptors (Lipinski definition) is 4. The van der Waals surface area contributed by atoms with Crippen molar-refractivity contribution in [3.8, 4) is 0 Å². The summed E-state index contributed by atoms with van der Waals surface area (Å²) in [5, 5.41) is 0.213. The van der Waals surface area contributed by atoms with E-state index in [4.69, 9.17) is 17.3 Å². The van der Waals surface area contributed by atoms with Gasteiger partial charge in [-0.15, -0.1) is 0 Å². The number of nitrogens with two attached hydrogens (primary N) is 1. The minimum absolute atomic E-state index is 0.0958. The van der Waals surface area contributed by atoms with E-state index in [1.807, 2.05) is 4.72 Å². The Morgan fingerprint density at radius 3 is 2.65 bits per heavy atom. The summed E-state index contributed by atoms with van der Waals surface area (Å²) in [7, 11) is -3.58. The van der Waals surface area contributed by atoms with Gasteiger partial charge in [0.15, 0.2) is 0 Å². The highest BCUT2D eigenvalue weighted by Gasteiger charge is 2.15. The smallest absolute Gasteiger partial charge is 0.264 e. The van der Waals surface area contributed by atoms with Crippen molar-refractivity contribution in [3.63, 3.8) is 0 Å². The summed E-state index contributed by atoms with van der Waals surface area (Å²) in [5.74, 6) is -0.804. The van der Waals surface area contributed by atoms with Crippen molar-refractivity contribution in [2.45, 2.75) is 13.3 Å². The van der Waals surface area contributed by atoms with Gasteiger partial charge in [0.2, 0.25) is 10.0 Å². The lowest BCUT2D eigenvalue weighted by molar-refractivity contribution is 0.0981. The van der Waals surface area contributed by atoms with Gasteiger partial charge >= 0.3 is 0 Å². The van der Waals surface area contributed by atoms with Crippen molar-refractivity contribution >= 4 is 33.2 Å². The highest BCUT2D eigenvalue weighted by molar-refractivity contribution is 7.90. The van der Waals surface area contributed by atoms with Crippen LogP contribution in [0.3, 0.4) is 0 Å². The van der Waals surface area contributed by atoms with E-state index < -0.39 is 15.9 Å². The summed E-state index contributed by atoms with van der Waals surface area (Å²) < 4.78 is 24.7. The van der Waals surface area contributed by atoms with Crippen LogP contribution >= 0.6 is 11.6 Å². The highest BCUT2D eigenvalue weighted by Crippen LogP contribution is 2.19. The monoisotopic (exact) mass is 276 g/mol. The summed E-state index contributed by atoms with van der Waals surface area (Å²) >= 11 is 5.74. The molecule has 0 heterocycles. The molecule has 0 saturated heterocycles. The Morgan fingerprint density at radius 2 is 2.12 bits per heavy atom. The largest absolute Gasteiger partial charge is 0.398 e. The maximum Gasteiger partial charge on any atom is 0.264 e. The summed E-state index contributed by atoms with van der Waals surface area (Å²) in [4.78, 5) is 11.6. The Hall–Kier alpha value is -1.27. The van der Waals surface area contributed by atoms with Crippen molar-refractivity contribution in [3.05, 3.63) is 28.8 Å². The summed E-state index contributed by atoms with van der Waals surface area (Å²) in [6.07, 6.45) is 0.436. The molecule has 0 bridgehead atoms. The number of amides is 1. The predicted molar refractivity (Wildman–Crippen MR) is 67.4 cm³/mol. The van der Waals surface area contributed by atoms with E-state index in [1.165, 1.54) is 18.2 Å². The van der Waals surface area contributed by atoms with E-state index >= 15 is 0 Å². The molecule has 94 valence electrons. The number of carbonyl (C=O) groups excluding carboxylic acids is 1. The Bertz CT molecular complexity index is 528. The molecule has 0 aromatic heterocycles. The number of halogens is 1. The third-order valence-corrected chi connectivity index (χ3v) is 3.75. The maximum absolute atomic E-state index is 11.6. The second-order valence-electron chi connectivity index (χ2n) is 3.49. The Labute approximate surface area is 105 Å². The van der Waals surface area contributed by atoms with Crippen molar-refractivity contribution in [1.29, 1.82) is 0 Å². The van der Waals surface area contributed by atoms with Crippen molar-refractivity contribution in [2.75, 3.05) is 11.5 Å². The summed E-state index contributed by atoms with van der Waals surface area (Å²) in [6, 6.07) is 4.19. The maximum atomic E-state index is 11.6. The average Bonchev–Trinajstić information content (AvgIpc) is 2.21. The van der Waals surface area contributed by atoms with Crippen LogP contribution in [0, 0.1) is 0 Å². The van der Waals surface area contributed by atoms with Crippen LogP contribution in [-0.4, -0.2) is 20.1 Å². The first-order valence-electron chi connectivity index (χ1n) is 4.95. The molecule has 0 fully saturated rings. The van der Waals surface area contributed by atoms with E-state index in [2.05, 4.69) is 0 Å². The fourth-order valence-electron chi connectivity index (χ4n) is 1.19. The standard InChI is InChI=1S/C10H13ClN2O3S/c1-2-5-17(15,16)13-10(14)7-3-4-9(12)8(11)6-7/h3-4,6H,2,5,12H2,1H3,(H,13,14). The zero-order valence-electron chi connectivity index (χ0n) is 9.23. The molecule has 1 aromatic carbocycles.